The highest BCUT2D eigenvalue weighted by atomic mass is 19.4. The van der Waals surface area contributed by atoms with Crippen molar-refractivity contribution in [2.45, 2.75) is 43.0 Å². The molecule has 6 nitrogen and oxygen atoms in total. The van der Waals surface area contributed by atoms with Crippen LogP contribution in [-0.4, -0.2) is 46.2 Å². The zero-order valence-electron chi connectivity index (χ0n) is 18.3. The first-order valence-corrected chi connectivity index (χ1v) is 11.3. The zero-order chi connectivity index (χ0) is 23.9. The fraction of sp³-hybridized carbons (Fsp3) is 0.360. The topological polar surface area (TPSA) is 79.2 Å². The predicted molar refractivity (Wildman–Crippen MR) is 121 cm³/mol. The summed E-state index contributed by atoms with van der Waals surface area (Å²) in [5.74, 6) is -3.62. The standard InChI is InChI=1S/C25H25F3N4O2/c26-25(27,28)19-18-20(15-11-13-29-14-12-15)31-32(23(18)30-24(34)22(19)33)21(16-7-3-1-4-8-16)17-9-5-2-6-10-17/h1-10,15,19,21-22,29,33H,11-14H2,(H,30,34)/t19-,22-/m0/s1. The molecule has 0 bridgehead atoms. The first kappa shape index (κ1) is 22.6. The van der Waals surface area contributed by atoms with Gasteiger partial charge in [0.1, 0.15) is 23.9 Å². The van der Waals surface area contributed by atoms with Crippen molar-refractivity contribution in [2.75, 3.05) is 18.4 Å². The molecule has 9 heteroatoms. The van der Waals surface area contributed by atoms with Crippen molar-refractivity contribution in [3.63, 3.8) is 0 Å². The van der Waals surface area contributed by atoms with Crippen molar-refractivity contribution in [3.05, 3.63) is 83.0 Å². The molecule has 0 saturated carbocycles. The van der Waals surface area contributed by atoms with Crippen LogP contribution in [0.2, 0.25) is 0 Å². The number of aliphatic hydroxyl groups excluding tert-OH is 1. The third-order valence-electron chi connectivity index (χ3n) is 6.67. The van der Waals surface area contributed by atoms with Gasteiger partial charge in [0.25, 0.3) is 5.91 Å². The Morgan fingerprint density at radius 3 is 2.06 bits per heavy atom. The van der Waals surface area contributed by atoms with Crippen LogP contribution in [0.15, 0.2) is 60.7 Å². The van der Waals surface area contributed by atoms with Crippen LogP contribution in [-0.2, 0) is 4.79 Å². The quantitative estimate of drug-likeness (QED) is 0.540. The fourth-order valence-corrected chi connectivity index (χ4v) is 5.07. The average molecular weight is 470 g/mol. The van der Waals surface area contributed by atoms with E-state index in [0.29, 0.717) is 31.6 Å². The van der Waals surface area contributed by atoms with Crippen LogP contribution in [0.5, 0.6) is 0 Å². The number of fused-ring (bicyclic) bond motifs is 1. The number of hydrogen-bond acceptors (Lipinski definition) is 4. The lowest BCUT2D eigenvalue weighted by Crippen LogP contribution is -2.45. The van der Waals surface area contributed by atoms with Gasteiger partial charge in [0.15, 0.2) is 0 Å². The number of hydrogen-bond donors (Lipinski definition) is 3. The Labute approximate surface area is 194 Å². The maximum atomic E-state index is 14.3. The van der Waals surface area contributed by atoms with E-state index in [1.807, 2.05) is 60.7 Å². The lowest BCUT2D eigenvalue weighted by Gasteiger charge is -2.32. The summed E-state index contributed by atoms with van der Waals surface area (Å²) in [7, 11) is 0. The fourth-order valence-electron chi connectivity index (χ4n) is 5.07. The first-order chi connectivity index (χ1) is 16.4. The third kappa shape index (κ3) is 3.99. The number of alkyl halides is 3. The lowest BCUT2D eigenvalue weighted by atomic mass is 9.83. The van der Waals surface area contributed by atoms with Gasteiger partial charge >= 0.3 is 6.18 Å². The van der Waals surface area contributed by atoms with Crippen LogP contribution < -0.4 is 10.6 Å². The molecule has 0 radical (unpaired) electrons. The molecule has 0 aliphatic carbocycles. The van der Waals surface area contributed by atoms with Gasteiger partial charge in [-0.15, -0.1) is 0 Å². The van der Waals surface area contributed by atoms with Gasteiger partial charge in [-0.05, 0) is 37.1 Å². The molecule has 3 heterocycles. The van der Waals surface area contributed by atoms with Crippen molar-refractivity contribution < 1.29 is 23.1 Å². The highest BCUT2D eigenvalue weighted by molar-refractivity contribution is 5.97. The van der Waals surface area contributed by atoms with Gasteiger partial charge in [0.05, 0.1) is 5.69 Å². The van der Waals surface area contributed by atoms with E-state index in [0.717, 1.165) is 11.1 Å². The molecule has 1 saturated heterocycles. The Kier molecular flexibility index (Phi) is 5.91. The second-order valence-electron chi connectivity index (χ2n) is 8.79. The molecule has 1 aromatic heterocycles. The second kappa shape index (κ2) is 8.88. The molecule has 2 atom stereocenters. The molecule has 0 unspecified atom stereocenters. The van der Waals surface area contributed by atoms with E-state index in [4.69, 9.17) is 5.10 Å². The summed E-state index contributed by atoms with van der Waals surface area (Å²) in [6.07, 6.45) is -5.78. The Morgan fingerprint density at radius 1 is 0.971 bits per heavy atom. The molecular formula is C25H25F3N4O2. The summed E-state index contributed by atoms with van der Waals surface area (Å²) < 4.78 is 44.3. The highest BCUT2D eigenvalue weighted by Crippen LogP contribution is 2.49. The van der Waals surface area contributed by atoms with Gasteiger partial charge in [-0.2, -0.15) is 18.3 Å². The monoisotopic (exact) mass is 470 g/mol. The third-order valence-corrected chi connectivity index (χ3v) is 6.67. The zero-order valence-corrected chi connectivity index (χ0v) is 18.3. The normalized spacial score (nSPS) is 21.4. The Hall–Kier alpha value is -3.17. The Bertz CT molecular complexity index is 1120. The highest BCUT2D eigenvalue weighted by Gasteiger charge is 2.54. The Balaban J connectivity index is 1.77. The van der Waals surface area contributed by atoms with E-state index in [9.17, 15) is 23.1 Å². The summed E-state index contributed by atoms with van der Waals surface area (Å²) in [6.45, 7) is 1.33. The number of rotatable bonds is 4. The minimum atomic E-state index is -4.81. The molecule has 3 N–H and O–H groups in total. The number of piperidine rings is 1. The van der Waals surface area contributed by atoms with E-state index in [1.165, 1.54) is 4.68 Å². The maximum absolute atomic E-state index is 14.3. The minimum absolute atomic E-state index is 0.00358. The minimum Gasteiger partial charge on any atom is -0.382 e. The van der Waals surface area contributed by atoms with E-state index < -0.39 is 30.1 Å². The van der Waals surface area contributed by atoms with E-state index in [2.05, 4.69) is 10.6 Å². The van der Waals surface area contributed by atoms with E-state index in [-0.39, 0.29) is 17.3 Å². The predicted octanol–water partition coefficient (Wildman–Crippen LogP) is 3.95. The van der Waals surface area contributed by atoms with Crippen molar-refractivity contribution in [3.8, 4) is 0 Å². The van der Waals surface area contributed by atoms with Crippen molar-refractivity contribution in [1.29, 1.82) is 0 Å². The van der Waals surface area contributed by atoms with Gasteiger partial charge in [-0.25, -0.2) is 4.68 Å². The second-order valence-corrected chi connectivity index (χ2v) is 8.79. The average Bonchev–Trinajstić information content (AvgIpc) is 3.19. The van der Waals surface area contributed by atoms with E-state index >= 15 is 0 Å². The molecule has 178 valence electrons. The van der Waals surface area contributed by atoms with Gasteiger partial charge in [0.2, 0.25) is 0 Å². The number of aliphatic hydroxyl groups is 1. The van der Waals surface area contributed by atoms with Gasteiger partial charge < -0.3 is 15.7 Å². The van der Waals surface area contributed by atoms with Crippen molar-refractivity contribution in [1.82, 2.24) is 15.1 Å². The SMILES string of the molecule is O=C1Nc2c(c(C3CCNCC3)nn2C(c2ccccc2)c2ccccc2)[C@H](C(F)(F)F)[C@@H]1O. The number of nitrogens with one attached hydrogen (secondary N) is 2. The summed E-state index contributed by atoms with van der Waals surface area (Å²) >= 11 is 0. The van der Waals surface area contributed by atoms with Gasteiger partial charge in [-0.3, -0.25) is 4.79 Å². The molecule has 1 amide bonds. The number of anilines is 1. The molecular weight excluding hydrogens is 445 g/mol. The molecule has 2 aliphatic heterocycles. The summed E-state index contributed by atoms with van der Waals surface area (Å²) in [6, 6.07) is 18.1. The van der Waals surface area contributed by atoms with E-state index in [1.54, 1.807) is 0 Å². The molecule has 2 aromatic carbocycles. The van der Waals surface area contributed by atoms with Crippen LogP contribution in [0.1, 0.15) is 53.1 Å². The summed E-state index contributed by atoms with van der Waals surface area (Å²) in [4.78, 5) is 12.5. The number of carbonyl (C=O) groups excluding carboxylic acids is 1. The molecule has 0 spiro atoms. The summed E-state index contributed by atoms with van der Waals surface area (Å²) in [5.41, 5.74) is 1.82. The maximum Gasteiger partial charge on any atom is 0.398 e. The molecule has 3 aromatic rings. The van der Waals surface area contributed by atoms with Crippen LogP contribution >= 0.6 is 0 Å². The largest absolute Gasteiger partial charge is 0.398 e. The molecule has 34 heavy (non-hydrogen) atoms. The van der Waals surface area contributed by atoms with Crippen LogP contribution in [0.4, 0.5) is 19.0 Å². The van der Waals surface area contributed by atoms with Crippen LogP contribution in [0, 0.1) is 0 Å². The number of halogens is 3. The number of benzene rings is 2. The molecule has 2 aliphatic rings. The van der Waals surface area contributed by atoms with Crippen LogP contribution in [0.3, 0.4) is 0 Å². The first-order valence-electron chi connectivity index (χ1n) is 11.3. The van der Waals surface area contributed by atoms with Crippen LogP contribution in [0.25, 0.3) is 0 Å². The van der Waals surface area contributed by atoms with Crippen molar-refractivity contribution in [2.24, 2.45) is 0 Å². The lowest BCUT2D eigenvalue weighted by molar-refractivity contribution is -0.177. The molecule has 5 rings (SSSR count). The summed E-state index contributed by atoms with van der Waals surface area (Å²) in [5, 5.41) is 20.9. The number of nitrogens with zero attached hydrogens (tertiary/aromatic N) is 2. The number of amides is 1. The molecule has 1 fully saturated rings. The number of carbonyl (C=O) groups is 1. The van der Waals surface area contributed by atoms with Crippen molar-refractivity contribution >= 4 is 11.7 Å². The number of aromatic nitrogens is 2. The smallest absolute Gasteiger partial charge is 0.382 e. The van der Waals surface area contributed by atoms with Gasteiger partial charge in [-0.1, -0.05) is 60.7 Å². The Morgan fingerprint density at radius 2 is 1.53 bits per heavy atom. The van der Waals surface area contributed by atoms with Gasteiger partial charge in [0, 0.05) is 11.5 Å².